The number of hydrogen-bond donors (Lipinski definition) is 1. The van der Waals surface area contributed by atoms with E-state index >= 15 is 0 Å². The molecule has 0 aromatic heterocycles. The number of rotatable bonds is 6. The molecule has 3 fully saturated rings. The van der Waals surface area contributed by atoms with E-state index in [1.54, 1.807) is 0 Å². The molecule has 1 saturated carbocycles. The van der Waals surface area contributed by atoms with Crippen LogP contribution < -0.4 is 5.32 Å². The van der Waals surface area contributed by atoms with Gasteiger partial charge >= 0.3 is 0 Å². The molecule has 144 valence electrons. The zero-order valence-corrected chi connectivity index (χ0v) is 16.3. The lowest BCUT2D eigenvalue weighted by Gasteiger charge is -2.32. The number of hydrogen-bond acceptors (Lipinski definition) is 4. The molecular weight excluding hydrogens is 314 g/mol. The molecule has 2 aliphatic heterocycles. The van der Waals surface area contributed by atoms with Crippen molar-refractivity contribution in [2.24, 2.45) is 4.99 Å². The Kier molecular flexibility index (Phi) is 7.37. The van der Waals surface area contributed by atoms with E-state index in [2.05, 4.69) is 34.0 Å². The van der Waals surface area contributed by atoms with E-state index in [9.17, 15) is 0 Å². The van der Waals surface area contributed by atoms with Crippen molar-refractivity contribution in [2.45, 2.75) is 51.1 Å². The van der Waals surface area contributed by atoms with Gasteiger partial charge in [0.15, 0.2) is 5.96 Å². The van der Waals surface area contributed by atoms with Crippen molar-refractivity contribution in [1.82, 2.24) is 20.0 Å². The van der Waals surface area contributed by atoms with Crippen LogP contribution >= 0.6 is 0 Å². The highest BCUT2D eigenvalue weighted by molar-refractivity contribution is 5.80. The first-order valence-electron chi connectivity index (χ1n) is 10.3. The van der Waals surface area contributed by atoms with E-state index in [0.29, 0.717) is 6.04 Å². The van der Waals surface area contributed by atoms with Gasteiger partial charge < -0.3 is 19.9 Å². The minimum absolute atomic E-state index is 0.661. The van der Waals surface area contributed by atoms with Gasteiger partial charge in [-0.05, 0) is 33.2 Å². The summed E-state index contributed by atoms with van der Waals surface area (Å²) in [7, 11) is 2.27. The van der Waals surface area contributed by atoms with Gasteiger partial charge in [-0.15, -0.1) is 0 Å². The zero-order chi connectivity index (χ0) is 17.5. The summed E-state index contributed by atoms with van der Waals surface area (Å²) in [5.41, 5.74) is 0. The van der Waals surface area contributed by atoms with Crippen LogP contribution in [0.15, 0.2) is 4.99 Å². The molecule has 1 atom stereocenters. The van der Waals surface area contributed by atoms with Gasteiger partial charge in [-0.2, -0.15) is 0 Å². The van der Waals surface area contributed by atoms with E-state index in [-0.39, 0.29) is 0 Å². The fourth-order valence-corrected chi connectivity index (χ4v) is 4.44. The number of aliphatic imine (C=N–C) groups is 1. The lowest BCUT2D eigenvalue weighted by Crippen LogP contribution is -2.46. The quantitative estimate of drug-likeness (QED) is 0.576. The number of ether oxygens (including phenoxy) is 1. The first kappa shape index (κ1) is 18.9. The molecule has 6 heteroatoms. The van der Waals surface area contributed by atoms with Gasteiger partial charge in [0.05, 0.1) is 19.8 Å². The van der Waals surface area contributed by atoms with E-state index in [1.165, 1.54) is 32.1 Å². The van der Waals surface area contributed by atoms with Gasteiger partial charge in [-0.1, -0.05) is 12.8 Å². The largest absolute Gasteiger partial charge is 0.379 e. The van der Waals surface area contributed by atoms with Crippen LogP contribution in [0, 0.1) is 0 Å². The highest BCUT2D eigenvalue weighted by Crippen LogP contribution is 2.22. The minimum Gasteiger partial charge on any atom is -0.379 e. The number of nitrogens with zero attached hydrogens (tertiary/aromatic N) is 4. The monoisotopic (exact) mass is 351 g/mol. The smallest absolute Gasteiger partial charge is 0.194 e. The Morgan fingerprint density at radius 2 is 1.92 bits per heavy atom. The molecule has 1 N–H and O–H groups in total. The molecule has 0 bridgehead atoms. The second-order valence-electron chi connectivity index (χ2n) is 7.69. The average Bonchev–Trinajstić information content (AvgIpc) is 3.33. The average molecular weight is 352 g/mol. The summed E-state index contributed by atoms with van der Waals surface area (Å²) < 4.78 is 5.49. The molecule has 2 heterocycles. The normalized spacial score (nSPS) is 26.8. The van der Waals surface area contributed by atoms with Crippen LogP contribution in [-0.2, 0) is 4.74 Å². The molecule has 0 amide bonds. The third-order valence-corrected chi connectivity index (χ3v) is 6.02. The number of morpholine rings is 1. The maximum absolute atomic E-state index is 5.49. The Hall–Kier alpha value is -0.850. The minimum atomic E-state index is 0.661. The molecular formula is C19H37N5O. The summed E-state index contributed by atoms with van der Waals surface area (Å²) in [5, 5.41) is 3.51. The molecule has 3 rings (SSSR count). The third kappa shape index (κ3) is 5.31. The van der Waals surface area contributed by atoms with Crippen LogP contribution in [0.4, 0.5) is 0 Å². The highest BCUT2D eigenvalue weighted by Gasteiger charge is 2.30. The van der Waals surface area contributed by atoms with Gasteiger partial charge in [-0.3, -0.25) is 9.89 Å². The van der Waals surface area contributed by atoms with E-state index < -0.39 is 0 Å². The SMILES string of the molecule is CCNC(=NCCN(C)C1CCCC1)N1CCC(N2CCOCC2)C1. The second kappa shape index (κ2) is 9.74. The van der Waals surface area contributed by atoms with Gasteiger partial charge in [0.2, 0.25) is 0 Å². The van der Waals surface area contributed by atoms with Crippen LogP contribution in [0.2, 0.25) is 0 Å². The maximum Gasteiger partial charge on any atom is 0.194 e. The van der Waals surface area contributed by atoms with Crippen LogP contribution in [0.25, 0.3) is 0 Å². The zero-order valence-electron chi connectivity index (χ0n) is 16.3. The predicted octanol–water partition coefficient (Wildman–Crippen LogP) is 1.23. The molecule has 0 aromatic carbocycles. The van der Waals surface area contributed by atoms with Crippen molar-refractivity contribution in [1.29, 1.82) is 0 Å². The van der Waals surface area contributed by atoms with Gasteiger partial charge in [0.25, 0.3) is 0 Å². The maximum atomic E-state index is 5.49. The number of nitrogens with one attached hydrogen (secondary N) is 1. The predicted molar refractivity (Wildman–Crippen MR) is 103 cm³/mol. The van der Waals surface area contributed by atoms with E-state index in [1.807, 2.05) is 0 Å². The Morgan fingerprint density at radius 1 is 1.16 bits per heavy atom. The molecule has 1 unspecified atom stereocenters. The van der Waals surface area contributed by atoms with Crippen molar-refractivity contribution in [3.63, 3.8) is 0 Å². The Balaban J connectivity index is 1.48. The molecule has 0 radical (unpaired) electrons. The first-order chi connectivity index (χ1) is 12.3. The Labute approximate surface area is 153 Å². The molecule has 6 nitrogen and oxygen atoms in total. The number of likely N-dealkylation sites (tertiary alicyclic amines) is 1. The lowest BCUT2D eigenvalue weighted by atomic mass is 10.2. The van der Waals surface area contributed by atoms with Crippen LogP contribution in [-0.4, -0.2) is 98.8 Å². The van der Waals surface area contributed by atoms with Crippen LogP contribution in [0.3, 0.4) is 0 Å². The fraction of sp³-hybridized carbons (Fsp3) is 0.947. The van der Waals surface area contributed by atoms with Crippen molar-refractivity contribution in [3.05, 3.63) is 0 Å². The van der Waals surface area contributed by atoms with Crippen molar-refractivity contribution >= 4 is 5.96 Å². The third-order valence-electron chi connectivity index (χ3n) is 6.02. The Morgan fingerprint density at radius 3 is 2.64 bits per heavy atom. The summed E-state index contributed by atoms with van der Waals surface area (Å²) in [6, 6.07) is 1.45. The highest BCUT2D eigenvalue weighted by atomic mass is 16.5. The van der Waals surface area contributed by atoms with Crippen molar-refractivity contribution in [2.75, 3.05) is 66.1 Å². The molecule has 0 aromatic rings. The van der Waals surface area contributed by atoms with Crippen molar-refractivity contribution < 1.29 is 4.74 Å². The molecule has 25 heavy (non-hydrogen) atoms. The standard InChI is InChI=1S/C19H37N5O/c1-3-20-19(21-9-11-22(2)17-6-4-5-7-17)24-10-8-18(16-24)23-12-14-25-15-13-23/h17-18H,3-16H2,1-2H3,(H,20,21). The number of guanidine groups is 1. The van der Waals surface area contributed by atoms with Gasteiger partial charge in [0.1, 0.15) is 0 Å². The fourth-order valence-electron chi connectivity index (χ4n) is 4.44. The lowest BCUT2D eigenvalue weighted by molar-refractivity contribution is 0.0195. The molecule has 2 saturated heterocycles. The van der Waals surface area contributed by atoms with E-state index in [0.717, 1.165) is 71.0 Å². The summed E-state index contributed by atoms with van der Waals surface area (Å²) in [4.78, 5) is 12.5. The van der Waals surface area contributed by atoms with Gasteiger partial charge in [0, 0.05) is 51.4 Å². The summed E-state index contributed by atoms with van der Waals surface area (Å²) in [5.74, 6) is 1.11. The van der Waals surface area contributed by atoms with Gasteiger partial charge in [-0.25, -0.2) is 0 Å². The molecule has 0 spiro atoms. The van der Waals surface area contributed by atoms with Crippen molar-refractivity contribution in [3.8, 4) is 0 Å². The first-order valence-corrected chi connectivity index (χ1v) is 10.3. The summed E-state index contributed by atoms with van der Waals surface area (Å²) >= 11 is 0. The van der Waals surface area contributed by atoms with E-state index in [4.69, 9.17) is 9.73 Å². The summed E-state index contributed by atoms with van der Waals surface area (Å²) in [6.07, 6.45) is 6.78. The topological polar surface area (TPSA) is 43.3 Å². The molecule has 1 aliphatic carbocycles. The van der Waals surface area contributed by atoms with Crippen LogP contribution in [0.1, 0.15) is 39.0 Å². The second-order valence-corrected chi connectivity index (χ2v) is 7.69. The van der Waals surface area contributed by atoms with Crippen LogP contribution in [0.5, 0.6) is 0 Å². The molecule has 3 aliphatic rings. The summed E-state index contributed by atoms with van der Waals surface area (Å²) in [6.45, 7) is 11.2. The Bertz CT molecular complexity index is 418. The number of likely N-dealkylation sites (N-methyl/N-ethyl adjacent to an activating group) is 1.